The summed E-state index contributed by atoms with van der Waals surface area (Å²) in [6, 6.07) is 12.0. The fourth-order valence-corrected chi connectivity index (χ4v) is 4.87. The van der Waals surface area contributed by atoms with E-state index in [0.29, 0.717) is 46.9 Å². The topological polar surface area (TPSA) is 197 Å². The maximum Gasteiger partial charge on any atom is 0.360 e. The van der Waals surface area contributed by atoms with Crippen LogP contribution in [0, 0.1) is 17.2 Å². The number of hydrogen-bond donors (Lipinski definition) is 4. The molecule has 1 heterocycles. The molecule has 1 fully saturated rings. The van der Waals surface area contributed by atoms with Gasteiger partial charge in [-0.15, -0.1) is 0 Å². The fraction of sp³-hybridized carbons (Fsp3) is 0.333. The summed E-state index contributed by atoms with van der Waals surface area (Å²) in [4.78, 5) is 57.2. The number of carbonyl (C=O) groups excluding carboxylic acids is 4. The minimum atomic E-state index is -0.989. The Balaban J connectivity index is 1.73. The van der Waals surface area contributed by atoms with Crippen molar-refractivity contribution in [3.05, 3.63) is 88.8 Å². The number of esters is 2. The Bertz CT molecular complexity index is 1720. The van der Waals surface area contributed by atoms with Gasteiger partial charge in [0.05, 0.1) is 7.11 Å². The van der Waals surface area contributed by atoms with Crippen LogP contribution in [0.4, 0.5) is 0 Å². The number of nitrogens with one attached hydrogen (secondary N) is 2. The molecule has 0 radical (unpaired) electrons. The van der Waals surface area contributed by atoms with Crippen LogP contribution in [0.1, 0.15) is 81.1 Å². The van der Waals surface area contributed by atoms with Gasteiger partial charge in [-0.25, -0.2) is 9.78 Å². The van der Waals surface area contributed by atoms with Crippen molar-refractivity contribution in [1.29, 1.82) is 5.41 Å². The van der Waals surface area contributed by atoms with Gasteiger partial charge in [0.2, 0.25) is 6.79 Å². The number of hydrogen-bond acceptors (Lipinski definition) is 10. The predicted octanol–water partition coefficient (Wildman–Crippen LogP) is 4.28. The highest BCUT2D eigenvalue weighted by Gasteiger charge is 2.27. The third-order valence-corrected chi connectivity index (χ3v) is 8.30. The first-order chi connectivity index (χ1) is 23.0. The highest BCUT2D eigenvalue weighted by atomic mass is 16.7. The molecule has 2 atom stereocenters. The van der Waals surface area contributed by atoms with E-state index >= 15 is 0 Å². The lowest BCUT2D eigenvalue weighted by atomic mass is 9.90. The van der Waals surface area contributed by atoms with Crippen molar-refractivity contribution >= 4 is 35.5 Å². The molecule has 1 aliphatic rings. The van der Waals surface area contributed by atoms with Crippen LogP contribution in [0.25, 0.3) is 17.2 Å². The Morgan fingerprint density at radius 2 is 1.79 bits per heavy atom. The van der Waals surface area contributed by atoms with Crippen LogP contribution in [-0.4, -0.2) is 60.9 Å². The van der Waals surface area contributed by atoms with E-state index in [9.17, 15) is 19.2 Å². The molecule has 1 aromatic heterocycles. The number of nitrogens with zero attached hydrogens (tertiary/aromatic N) is 1. The summed E-state index contributed by atoms with van der Waals surface area (Å²) in [6.45, 7) is 7.28. The molecule has 48 heavy (non-hydrogen) atoms. The first kappa shape index (κ1) is 35.5. The Kier molecular flexibility index (Phi) is 11.8. The van der Waals surface area contributed by atoms with Gasteiger partial charge in [0, 0.05) is 35.2 Å². The van der Waals surface area contributed by atoms with Gasteiger partial charge in [-0.1, -0.05) is 57.2 Å². The van der Waals surface area contributed by atoms with Gasteiger partial charge in [-0.05, 0) is 60.1 Å². The molecule has 252 valence electrons. The van der Waals surface area contributed by atoms with Gasteiger partial charge in [-0.2, -0.15) is 0 Å². The van der Waals surface area contributed by atoms with Gasteiger partial charge in [0.25, 0.3) is 5.91 Å². The zero-order chi connectivity index (χ0) is 35.0. The molecule has 1 saturated carbocycles. The molecule has 0 aliphatic heterocycles. The number of amides is 1. The van der Waals surface area contributed by atoms with Gasteiger partial charge in [0.1, 0.15) is 23.3 Å². The van der Waals surface area contributed by atoms with E-state index in [4.69, 9.17) is 31.1 Å². The number of nitrogens with two attached hydrogens (primary N) is 2. The number of aromatic nitrogens is 1. The van der Waals surface area contributed by atoms with Crippen LogP contribution >= 0.6 is 0 Å². The van der Waals surface area contributed by atoms with Crippen molar-refractivity contribution in [1.82, 2.24) is 10.3 Å². The van der Waals surface area contributed by atoms with Crippen molar-refractivity contribution < 1.29 is 33.4 Å². The molecular formula is C36H41N5O7. The summed E-state index contributed by atoms with van der Waals surface area (Å²) in [7, 11) is 1.46. The smallest absolute Gasteiger partial charge is 0.360 e. The van der Waals surface area contributed by atoms with E-state index in [2.05, 4.69) is 16.9 Å². The summed E-state index contributed by atoms with van der Waals surface area (Å²) in [6.07, 6.45) is 4.24. The van der Waals surface area contributed by atoms with Crippen LogP contribution in [0.15, 0.2) is 55.1 Å². The van der Waals surface area contributed by atoms with Crippen LogP contribution < -0.4 is 21.5 Å². The number of amidine groups is 1. The molecule has 6 N–H and O–H groups in total. The SMILES string of the molecule is C=Cc1cc(C(=O)Cc2ccc(C(=N)N)cc2)c(-c2ccc(C(=O)NCC3CC3)nc2C(=O)OCOC(=O)[C@@H](N)[C@@H](C)CC)cc1OC. The number of methoxy groups -OCH3 is 1. The molecule has 0 bridgehead atoms. The highest BCUT2D eigenvalue weighted by molar-refractivity contribution is 6.07. The van der Waals surface area contributed by atoms with Gasteiger partial charge < -0.3 is 31.0 Å². The average Bonchev–Trinajstić information content (AvgIpc) is 3.93. The number of rotatable bonds is 16. The maximum atomic E-state index is 13.9. The van der Waals surface area contributed by atoms with Crippen molar-refractivity contribution in [3.63, 3.8) is 0 Å². The number of benzene rings is 2. The van der Waals surface area contributed by atoms with Crippen LogP contribution in [0.5, 0.6) is 5.75 Å². The standard InChI is InChI=1S/C36H41N5O7/c1-5-20(3)31(37)35(44)47-19-48-36(45)32-25(13-14-28(41-32)34(43)40-18-22-7-8-22)26-17-30(46-4)23(6-2)16-27(26)29(42)15-21-9-11-24(12-10-21)33(38)39/h6,9-14,16-17,20,22,31H,2,5,7-8,15,18-19,37H2,1,3-4H3,(H3,38,39)(H,40,43)/t20-,31-/m0/s1. The van der Waals surface area contributed by atoms with Crippen molar-refractivity contribution in [2.75, 3.05) is 20.4 Å². The maximum absolute atomic E-state index is 13.9. The molecular weight excluding hydrogens is 614 g/mol. The third kappa shape index (κ3) is 8.71. The Labute approximate surface area is 279 Å². The van der Waals surface area contributed by atoms with E-state index in [1.807, 2.05) is 6.92 Å². The minimum Gasteiger partial charge on any atom is -0.496 e. The Morgan fingerprint density at radius 1 is 1.08 bits per heavy atom. The van der Waals surface area contributed by atoms with Crippen LogP contribution in [0.3, 0.4) is 0 Å². The lowest BCUT2D eigenvalue weighted by molar-refractivity contribution is -0.155. The first-order valence-electron chi connectivity index (χ1n) is 15.7. The molecule has 3 aromatic rings. The molecule has 2 aromatic carbocycles. The second-order valence-electron chi connectivity index (χ2n) is 11.7. The number of ether oxygens (including phenoxy) is 3. The average molecular weight is 656 g/mol. The lowest BCUT2D eigenvalue weighted by Gasteiger charge is -2.18. The number of nitrogen functional groups attached to an aromatic ring is 1. The number of ketones is 1. The molecule has 0 saturated heterocycles. The second kappa shape index (κ2) is 16.0. The molecule has 4 rings (SSSR count). The monoisotopic (exact) mass is 655 g/mol. The Hall–Kier alpha value is -5.36. The Morgan fingerprint density at radius 3 is 2.40 bits per heavy atom. The molecule has 1 amide bonds. The largest absolute Gasteiger partial charge is 0.496 e. The zero-order valence-electron chi connectivity index (χ0n) is 27.3. The van der Waals surface area contributed by atoms with E-state index in [1.165, 1.54) is 19.2 Å². The summed E-state index contributed by atoms with van der Waals surface area (Å²) in [5.41, 5.74) is 13.6. The van der Waals surface area contributed by atoms with E-state index in [-0.39, 0.29) is 46.5 Å². The molecule has 12 heteroatoms. The minimum absolute atomic E-state index is 0.0185. The van der Waals surface area contributed by atoms with E-state index < -0.39 is 30.7 Å². The van der Waals surface area contributed by atoms with Gasteiger partial charge in [-0.3, -0.25) is 19.8 Å². The predicted molar refractivity (Wildman–Crippen MR) is 181 cm³/mol. The fourth-order valence-electron chi connectivity index (χ4n) is 4.87. The zero-order valence-corrected chi connectivity index (χ0v) is 27.3. The van der Waals surface area contributed by atoms with E-state index in [0.717, 1.165) is 12.8 Å². The summed E-state index contributed by atoms with van der Waals surface area (Å²) in [5, 5.41) is 10.5. The summed E-state index contributed by atoms with van der Waals surface area (Å²) in [5.74, 6) is -1.94. The normalized spacial score (nSPS) is 13.5. The number of carbonyl (C=O) groups is 4. The van der Waals surface area contributed by atoms with Crippen molar-refractivity contribution in [2.24, 2.45) is 23.3 Å². The lowest BCUT2D eigenvalue weighted by Crippen LogP contribution is -2.38. The second-order valence-corrected chi connectivity index (χ2v) is 11.7. The highest BCUT2D eigenvalue weighted by Crippen LogP contribution is 2.35. The molecule has 12 nitrogen and oxygen atoms in total. The van der Waals surface area contributed by atoms with Gasteiger partial charge >= 0.3 is 11.9 Å². The summed E-state index contributed by atoms with van der Waals surface area (Å²) >= 11 is 0. The van der Waals surface area contributed by atoms with Crippen LogP contribution in [-0.2, 0) is 20.7 Å². The van der Waals surface area contributed by atoms with Crippen molar-refractivity contribution in [2.45, 2.75) is 45.6 Å². The molecule has 0 spiro atoms. The molecule has 1 aliphatic carbocycles. The molecule has 0 unspecified atom stereocenters. The van der Waals surface area contributed by atoms with Gasteiger partial charge in [0.15, 0.2) is 11.5 Å². The quantitative estimate of drug-likeness (QED) is 0.0568. The van der Waals surface area contributed by atoms with E-state index in [1.54, 1.807) is 49.4 Å². The third-order valence-electron chi connectivity index (χ3n) is 8.30. The summed E-state index contributed by atoms with van der Waals surface area (Å²) < 4.78 is 16.0. The van der Waals surface area contributed by atoms with Crippen LogP contribution in [0.2, 0.25) is 0 Å². The van der Waals surface area contributed by atoms with Crippen molar-refractivity contribution in [3.8, 4) is 16.9 Å². The number of Topliss-reactive ketones (excluding diaryl/α,β-unsaturated/α-hetero) is 1. The first-order valence-corrected chi connectivity index (χ1v) is 15.7. The number of pyridine rings is 1.